The van der Waals surface area contributed by atoms with Gasteiger partial charge < -0.3 is 15.5 Å². The summed E-state index contributed by atoms with van der Waals surface area (Å²) in [6.07, 6.45) is 4.95. The van der Waals surface area contributed by atoms with Gasteiger partial charge in [-0.25, -0.2) is 13.8 Å². The van der Waals surface area contributed by atoms with Crippen molar-refractivity contribution < 1.29 is 13.6 Å². The molecule has 144 valence electrons. The van der Waals surface area contributed by atoms with Crippen molar-refractivity contribution in [1.29, 1.82) is 0 Å². The Morgan fingerprint density at radius 2 is 1.70 bits per heavy atom. The SMILES string of the molecule is CN(C)c1ccnc(N[C@H]2CC[C@@H](NC(=O)c3cc(F)cc(F)c3)CC2)n1. The van der Waals surface area contributed by atoms with Gasteiger partial charge in [0.15, 0.2) is 0 Å². The molecule has 27 heavy (non-hydrogen) atoms. The van der Waals surface area contributed by atoms with Crippen molar-refractivity contribution in [2.75, 3.05) is 24.3 Å². The number of anilines is 2. The Kier molecular flexibility index (Phi) is 5.83. The molecule has 2 N–H and O–H groups in total. The first-order valence-electron chi connectivity index (χ1n) is 8.94. The molecule has 0 radical (unpaired) electrons. The van der Waals surface area contributed by atoms with E-state index in [4.69, 9.17) is 0 Å². The first-order chi connectivity index (χ1) is 12.9. The van der Waals surface area contributed by atoms with E-state index in [0.29, 0.717) is 5.95 Å². The van der Waals surface area contributed by atoms with Crippen LogP contribution in [0.15, 0.2) is 30.5 Å². The minimum absolute atomic E-state index is 0.00153. The molecule has 1 aromatic heterocycles. The fourth-order valence-electron chi connectivity index (χ4n) is 3.19. The third-order valence-electron chi connectivity index (χ3n) is 4.62. The molecule has 2 aromatic rings. The van der Waals surface area contributed by atoms with Crippen LogP contribution in [0.5, 0.6) is 0 Å². The molecule has 3 rings (SSSR count). The van der Waals surface area contributed by atoms with Gasteiger partial charge in [-0.1, -0.05) is 0 Å². The number of amides is 1. The van der Waals surface area contributed by atoms with Crippen molar-refractivity contribution in [3.8, 4) is 0 Å². The van der Waals surface area contributed by atoms with Gasteiger partial charge in [-0.05, 0) is 43.9 Å². The molecular weight excluding hydrogens is 352 g/mol. The summed E-state index contributed by atoms with van der Waals surface area (Å²) in [6, 6.07) is 4.88. The monoisotopic (exact) mass is 375 g/mol. The standard InChI is InChI=1S/C19H23F2N5O/c1-26(2)17-7-8-22-19(25-17)24-16-5-3-15(4-6-16)23-18(27)12-9-13(20)11-14(21)10-12/h7-11,15-16H,3-6H2,1-2H3,(H,23,27)(H,22,24,25)/t15-,16+. The summed E-state index contributed by atoms with van der Waals surface area (Å²) < 4.78 is 26.5. The summed E-state index contributed by atoms with van der Waals surface area (Å²) >= 11 is 0. The number of aromatic nitrogens is 2. The van der Waals surface area contributed by atoms with Crippen LogP contribution in [0.1, 0.15) is 36.0 Å². The number of nitrogens with one attached hydrogen (secondary N) is 2. The molecule has 1 amide bonds. The second-order valence-electron chi connectivity index (χ2n) is 6.96. The molecule has 0 unspecified atom stereocenters. The Morgan fingerprint density at radius 3 is 2.33 bits per heavy atom. The predicted octanol–water partition coefficient (Wildman–Crippen LogP) is 2.97. The maximum atomic E-state index is 13.3. The highest BCUT2D eigenvalue weighted by atomic mass is 19.1. The minimum atomic E-state index is -0.756. The number of hydrogen-bond acceptors (Lipinski definition) is 5. The fraction of sp³-hybridized carbons (Fsp3) is 0.421. The van der Waals surface area contributed by atoms with Crippen LogP contribution in [0.2, 0.25) is 0 Å². The summed E-state index contributed by atoms with van der Waals surface area (Å²) in [5, 5.41) is 6.20. The number of benzene rings is 1. The topological polar surface area (TPSA) is 70.2 Å². The molecule has 1 heterocycles. The largest absolute Gasteiger partial charge is 0.363 e. The van der Waals surface area contributed by atoms with E-state index in [1.54, 1.807) is 6.20 Å². The highest BCUT2D eigenvalue weighted by molar-refractivity contribution is 5.94. The first kappa shape index (κ1) is 19.0. The zero-order chi connectivity index (χ0) is 19.4. The number of nitrogens with zero attached hydrogens (tertiary/aromatic N) is 3. The molecule has 1 saturated carbocycles. The van der Waals surface area contributed by atoms with Gasteiger partial charge in [-0.3, -0.25) is 4.79 Å². The van der Waals surface area contributed by atoms with Gasteiger partial charge in [0.1, 0.15) is 17.5 Å². The maximum absolute atomic E-state index is 13.3. The molecule has 0 spiro atoms. The quantitative estimate of drug-likeness (QED) is 0.841. The molecule has 0 atom stereocenters. The van der Waals surface area contributed by atoms with Gasteiger partial charge in [0, 0.05) is 44.0 Å². The van der Waals surface area contributed by atoms with Crippen molar-refractivity contribution in [3.05, 3.63) is 47.7 Å². The molecular formula is C19H23F2N5O. The molecule has 0 bridgehead atoms. The summed E-state index contributed by atoms with van der Waals surface area (Å²) in [7, 11) is 3.84. The van der Waals surface area contributed by atoms with E-state index < -0.39 is 17.5 Å². The smallest absolute Gasteiger partial charge is 0.251 e. The van der Waals surface area contributed by atoms with Crippen LogP contribution in [0, 0.1) is 11.6 Å². The van der Waals surface area contributed by atoms with Crippen molar-refractivity contribution in [2.45, 2.75) is 37.8 Å². The average Bonchev–Trinajstić information content (AvgIpc) is 2.63. The molecule has 0 saturated heterocycles. The molecule has 6 nitrogen and oxygen atoms in total. The highest BCUT2D eigenvalue weighted by Gasteiger charge is 2.23. The summed E-state index contributed by atoms with van der Waals surface area (Å²) in [5.74, 6) is -0.549. The van der Waals surface area contributed by atoms with Gasteiger partial charge in [-0.2, -0.15) is 4.98 Å². The lowest BCUT2D eigenvalue weighted by atomic mass is 9.91. The van der Waals surface area contributed by atoms with E-state index in [9.17, 15) is 13.6 Å². The van der Waals surface area contributed by atoms with E-state index in [0.717, 1.165) is 49.7 Å². The minimum Gasteiger partial charge on any atom is -0.363 e. The lowest BCUT2D eigenvalue weighted by molar-refractivity contribution is 0.0925. The lowest BCUT2D eigenvalue weighted by Crippen LogP contribution is -2.40. The Balaban J connectivity index is 1.51. The number of carbonyl (C=O) groups is 1. The zero-order valence-corrected chi connectivity index (χ0v) is 15.4. The van der Waals surface area contributed by atoms with Crippen LogP contribution < -0.4 is 15.5 Å². The molecule has 1 aliphatic carbocycles. The van der Waals surface area contributed by atoms with Crippen molar-refractivity contribution >= 4 is 17.7 Å². The van der Waals surface area contributed by atoms with Crippen LogP contribution in [0.4, 0.5) is 20.5 Å². The predicted molar refractivity (Wildman–Crippen MR) is 99.8 cm³/mol. The summed E-state index contributed by atoms with van der Waals surface area (Å²) in [5.41, 5.74) is 0.00153. The van der Waals surface area contributed by atoms with Crippen molar-refractivity contribution in [2.24, 2.45) is 0 Å². The van der Waals surface area contributed by atoms with Crippen LogP contribution in [-0.4, -0.2) is 42.1 Å². The van der Waals surface area contributed by atoms with Gasteiger partial charge in [0.05, 0.1) is 0 Å². The summed E-state index contributed by atoms with van der Waals surface area (Å²) in [6.45, 7) is 0. The van der Waals surface area contributed by atoms with E-state index in [1.807, 2.05) is 25.1 Å². The lowest BCUT2D eigenvalue weighted by Gasteiger charge is -2.29. The summed E-state index contributed by atoms with van der Waals surface area (Å²) in [4.78, 5) is 22.8. The van der Waals surface area contributed by atoms with Crippen LogP contribution >= 0.6 is 0 Å². The van der Waals surface area contributed by atoms with Gasteiger partial charge >= 0.3 is 0 Å². The third kappa shape index (κ3) is 5.12. The zero-order valence-electron chi connectivity index (χ0n) is 15.4. The number of rotatable bonds is 5. The van der Waals surface area contributed by atoms with Gasteiger partial charge in [-0.15, -0.1) is 0 Å². The first-order valence-corrected chi connectivity index (χ1v) is 8.94. The maximum Gasteiger partial charge on any atom is 0.251 e. The number of halogens is 2. The number of hydrogen-bond donors (Lipinski definition) is 2. The van der Waals surface area contributed by atoms with E-state index >= 15 is 0 Å². The van der Waals surface area contributed by atoms with Gasteiger partial charge in [0.2, 0.25) is 5.95 Å². The molecule has 1 fully saturated rings. The normalized spacial score (nSPS) is 19.4. The second kappa shape index (κ2) is 8.28. The van der Waals surface area contributed by atoms with E-state index in [1.165, 1.54) is 0 Å². The van der Waals surface area contributed by atoms with E-state index in [-0.39, 0.29) is 17.6 Å². The molecule has 1 aromatic carbocycles. The molecule has 0 aliphatic heterocycles. The Hall–Kier alpha value is -2.77. The van der Waals surface area contributed by atoms with Crippen molar-refractivity contribution in [3.63, 3.8) is 0 Å². The van der Waals surface area contributed by atoms with Crippen molar-refractivity contribution in [1.82, 2.24) is 15.3 Å². The van der Waals surface area contributed by atoms with Crippen LogP contribution in [-0.2, 0) is 0 Å². The third-order valence-corrected chi connectivity index (χ3v) is 4.62. The van der Waals surface area contributed by atoms with Crippen LogP contribution in [0.25, 0.3) is 0 Å². The highest BCUT2D eigenvalue weighted by Crippen LogP contribution is 2.22. The Labute approximate surface area is 157 Å². The molecule has 8 heteroatoms. The second-order valence-corrected chi connectivity index (χ2v) is 6.96. The van der Waals surface area contributed by atoms with E-state index in [2.05, 4.69) is 20.6 Å². The van der Waals surface area contributed by atoms with Gasteiger partial charge in [0.25, 0.3) is 5.91 Å². The Bertz CT molecular complexity index is 786. The number of carbonyl (C=O) groups excluding carboxylic acids is 1. The Morgan fingerprint density at radius 1 is 1.07 bits per heavy atom. The fourth-order valence-corrected chi connectivity index (χ4v) is 3.19. The van der Waals surface area contributed by atoms with Crippen LogP contribution in [0.3, 0.4) is 0 Å². The average molecular weight is 375 g/mol. The molecule has 1 aliphatic rings.